The quantitative estimate of drug-likeness (QED) is 0.426. The van der Waals surface area contributed by atoms with Gasteiger partial charge in [0, 0.05) is 31.1 Å². The molecule has 2 heterocycles. The standard InChI is InChI=1S/C26H31N5O4S/c1-18-5-8-21(9-6-18)36(34,35)29-17-24(32)30-23(26(33)31-13-3-2-4-14-31)16-19-7-10-22-20(15-19)11-12-28-25(22)27/h5-12,15,23,29H,2-4,13-14,16-17H2,1H3,(H2,27,28)(H,30,32). The zero-order valence-electron chi connectivity index (χ0n) is 20.2. The van der Waals surface area contributed by atoms with Crippen LogP contribution in [0.15, 0.2) is 59.6 Å². The Hall–Kier alpha value is -3.50. The number of carbonyl (C=O) groups excluding carboxylic acids is 2. The Balaban J connectivity index is 1.48. The third-order valence-corrected chi connectivity index (χ3v) is 7.77. The number of likely N-dealkylation sites (tertiary alicyclic amines) is 1. The molecule has 1 unspecified atom stereocenters. The summed E-state index contributed by atoms with van der Waals surface area (Å²) in [5, 5.41) is 4.47. The Morgan fingerprint density at radius 1 is 1.06 bits per heavy atom. The maximum Gasteiger partial charge on any atom is 0.245 e. The minimum absolute atomic E-state index is 0.0757. The number of pyridine rings is 1. The van der Waals surface area contributed by atoms with Crippen molar-refractivity contribution in [2.75, 3.05) is 25.4 Å². The predicted octanol–water partition coefficient (Wildman–Crippen LogP) is 2.14. The van der Waals surface area contributed by atoms with Gasteiger partial charge in [-0.3, -0.25) is 9.59 Å². The van der Waals surface area contributed by atoms with E-state index < -0.39 is 28.5 Å². The molecule has 4 N–H and O–H groups in total. The molecule has 1 aromatic heterocycles. The molecule has 2 aromatic carbocycles. The van der Waals surface area contributed by atoms with Gasteiger partial charge in [-0.15, -0.1) is 0 Å². The highest BCUT2D eigenvalue weighted by molar-refractivity contribution is 7.89. The highest BCUT2D eigenvalue weighted by Crippen LogP contribution is 2.21. The smallest absolute Gasteiger partial charge is 0.245 e. The van der Waals surface area contributed by atoms with E-state index in [4.69, 9.17) is 5.73 Å². The van der Waals surface area contributed by atoms with Crippen LogP contribution in [-0.4, -0.2) is 55.8 Å². The molecule has 1 fully saturated rings. The molecular weight excluding hydrogens is 478 g/mol. The van der Waals surface area contributed by atoms with E-state index in [1.807, 2.05) is 31.2 Å². The number of anilines is 1. The fraction of sp³-hybridized carbons (Fsp3) is 0.346. The fourth-order valence-corrected chi connectivity index (χ4v) is 5.34. The van der Waals surface area contributed by atoms with Crippen molar-refractivity contribution in [3.63, 3.8) is 0 Å². The molecule has 3 aromatic rings. The molecule has 0 spiro atoms. The molecule has 0 radical (unpaired) electrons. The van der Waals surface area contributed by atoms with Gasteiger partial charge in [0.05, 0.1) is 11.4 Å². The lowest BCUT2D eigenvalue weighted by Gasteiger charge is -2.31. The molecule has 1 aliphatic rings. The van der Waals surface area contributed by atoms with Crippen LogP contribution in [0.4, 0.5) is 5.82 Å². The second-order valence-corrected chi connectivity index (χ2v) is 10.9. The van der Waals surface area contributed by atoms with E-state index >= 15 is 0 Å². The Morgan fingerprint density at radius 3 is 2.50 bits per heavy atom. The molecule has 36 heavy (non-hydrogen) atoms. The number of aryl methyl sites for hydroxylation is 1. The highest BCUT2D eigenvalue weighted by atomic mass is 32.2. The van der Waals surface area contributed by atoms with Gasteiger partial charge in [-0.05, 0) is 55.3 Å². The number of nitrogens with two attached hydrogens (primary N) is 1. The summed E-state index contributed by atoms with van der Waals surface area (Å²) in [5.74, 6) is -0.316. The highest BCUT2D eigenvalue weighted by Gasteiger charge is 2.28. The van der Waals surface area contributed by atoms with E-state index in [0.717, 1.165) is 41.2 Å². The SMILES string of the molecule is Cc1ccc(S(=O)(=O)NCC(=O)NC(Cc2ccc3c(N)nccc3c2)C(=O)N2CCCCC2)cc1. The van der Waals surface area contributed by atoms with E-state index in [-0.39, 0.29) is 17.2 Å². The van der Waals surface area contributed by atoms with Crippen LogP contribution in [0.3, 0.4) is 0 Å². The molecule has 1 aliphatic heterocycles. The molecule has 190 valence electrons. The average molecular weight is 510 g/mol. The van der Waals surface area contributed by atoms with Crippen molar-refractivity contribution in [1.29, 1.82) is 0 Å². The number of fused-ring (bicyclic) bond motifs is 1. The largest absolute Gasteiger partial charge is 0.383 e. The normalized spacial score (nSPS) is 15.0. The van der Waals surface area contributed by atoms with E-state index in [0.29, 0.717) is 18.9 Å². The lowest BCUT2D eigenvalue weighted by molar-refractivity contribution is -0.137. The number of amides is 2. The Morgan fingerprint density at radius 2 is 1.78 bits per heavy atom. The third-order valence-electron chi connectivity index (χ3n) is 6.35. The number of aromatic nitrogens is 1. The number of carbonyl (C=O) groups is 2. The average Bonchev–Trinajstić information content (AvgIpc) is 2.87. The summed E-state index contributed by atoms with van der Waals surface area (Å²) in [7, 11) is -3.86. The maximum atomic E-state index is 13.4. The Labute approximate surface area is 211 Å². The summed E-state index contributed by atoms with van der Waals surface area (Å²) in [6.45, 7) is 2.68. The number of hydrogen-bond acceptors (Lipinski definition) is 6. The van der Waals surface area contributed by atoms with E-state index in [2.05, 4.69) is 15.0 Å². The minimum Gasteiger partial charge on any atom is -0.383 e. The monoisotopic (exact) mass is 509 g/mol. The number of nitrogens with zero attached hydrogens (tertiary/aromatic N) is 2. The lowest BCUT2D eigenvalue weighted by Crippen LogP contribution is -2.52. The second-order valence-electron chi connectivity index (χ2n) is 9.10. The van der Waals surface area contributed by atoms with Gasteiger partial charge in [-0.25, -0.2) is 18.1 Å². The molecule has 4 rings (SSSR count). The predicted molar refractivity (Wildman–Crippen MR) is 139 cm³/mol. The number of sulfonamides is 1. The summed E-state index contributed by atoms with van der Waals surface area (Å²) >= 11 is 0. The van der Waals surface area contributed by atoms with Crippen molar-refractivity contribution in [2.24, 2.45) is 0 Å². The lowest BCUT2D eigenvalue weighted by atomic mass is 10.0. The molecule has 2 amide bonds. The van der Waals surface area contributed by atoms with Gasteiger partial charge < -0.3 is 16.0 Å². The number of rotatable bonds is 8. The van der Waals surface area contributed by atoms with Gasteiger partial charge in [-0.2, -0.15) is 0 Å². The van der Waals surface area contributed by atoms with Gasteiger partial charge >= 0.3 is 0 Å². The summed E-state index contributed by atoms with van der Waals surface area (Å²) in [4.78, 5) is 32.1. The number of hydrogen-bond donors (Lipinski definition) is 3. The van der Waals surface area contributed by atoms with Crippen LogP contribution < -0.4 is 15.8 Å². The first-order chi connectivity index (χ1) is 17.2. The van der Waals surface area contributed by atoms with Gasteiger partial charge in [0.25, 0.3) is 0 Å². The van der Waals surface area contributed by atoms with Gasteiger partial charge in [0.2, 0.25) is 21.8 Å². The van der Waals surface area contributed by atoms with Crippen molar-refractivity contribution in [3.05, 3.63) is 65.9 Å². The number of piperidine rings is 1. The molecule has 1 saturated heterocycles. The van der Waals surface area contributed by atoms with E-state index in [1.165, 1.54) is 12.1 Å². The van der Waals surface area contributed by atoms with Crippen LogP contribution in [-0.2, 0) is 26.0 Å². The first kappa shape index (κ1) is 25.6. The molecule has 1 atom stereocenters. The first-order valence-electron chi connectivity index (χ1n) is 12.0. The van der Waals surface area contributed by atoms with Crippen molar-refractivity contribution in [2.45, 2.75) is 43.5 Å². The van der Waals surface area contributed by atoms with Crippen molar-refractivity contribution in [3.8, 4) is 0 Å². The summed E-state index contributed by atoms with van der Waals surface area (Å²) < 4.78 is 27.5. The summed E-state index contributed by atoms with van der Waals surface area (Å²) in [6, 6.07) is 13.0. The van der Waals surface area contributed by atoms with Gasteiger partial charge in [0.1, 0.15) is 11.9 Å². The number of nitrogen functional groups attached to an aromatic ring is 1. The zero-order chi connectivity index (χ0) is 25.7. The molecule has 0 bridgehead atoms. The Bertz CT molecular complexity index is 1350. The van der Waals surface area contributed by atoms with Crippen molar-refractivity contribution in [1.82, 2.24) is 19.9 Å². The first-order valence-corrected chi connectivity index (χ1v) is 13.5. The van der Waals surface area contributed by atoms with Gasteiger partial charge in [-0.1, -0.05) is 35.9 Å². The third kappa shape index (κ3) is 6.19. The van der Waals surface area contributed by atoms with Crippen LogP contribution in [0.5, 0.6) is 0 Å². The Kier molecular flexibility index (Phi) is 7.85. The molecular formula is C26H31N5O4S. The second kappa shape index (κ2) is 11.0. The fourth-order valence-electron chi connectivity index (χ4n) is 4.35. The van der Waals surface area contributed by atoms with Crippen molar-refractivity contribution < 1.29 is 18.0 Å². The number of benzene rings is 2. The number of nitrogens with one attached hydrogen (secondary N) is 2. The van der Waals surface area contributed by atoms with Crippen LogP contribution >= 0.6 is 0 Å². The molecule has 9 nitrogen and oxygen atoms in total. The maximum absolute atomic E-state index is 13.4. The molecule has 0 aliphatic carbocycles. The summed E-state index contributed by atoms with van der Waals surface area (Å²) in [5.41, 5.74) is 7.73. The topological polar surface area (TPSA) is 134 Å². The molecule has 10 heteroatoms. The van der Waals surface area contributed by atoms with Crippen LogP contribution in [0.25, 0.3) is 10.8 Å². The van der Waals surface area contributed by atoms with Crippen LogP contribution in [0, 0.1) is 6.92 Å². The zero-order valence-corrected chi connectivity index (χ0v) is 21.1. The minimum atomic E-state index is -3.86. The van der Waals surface area contributed by atoms with Gasteiger partial charge in [0.15, 0.2) is 0 Å². The van der Waals surface area contributed by atoms with E-state index in [1.54, 1.807) is 23.2 Å². The van der Waals surface area contributed by atoms with E-state index in [9.17, 15) is 18.0 Å². The molecule has 0 saturated carbocycles. The van der Waals surface area contributed by atoms with Crippen molar-refractivity contribution >= 4 is 38.4 Å². The van der Waals surface area contributed by atoms with Crippen LogP contribution in [0.2, 0.25) is 0 Å². The summed E-state index contributed by atoms with van der Waals surface area (Å²) in [6.07, 6.45) is 4.81. The van der Waals surface area contributed by atoms with Crippen LogP contribution in [0.1, 0.15) is 30.4 Å².